The number of rotatable bonds is 4. The molecule has 1 saturated heterocycles. The van der Waals surface area contributed by atoms with Gasteiger partial charge >= 0.3 is 5.97 Å². The second kappa shape index (κ2) is 7.18. The number of hydrogen-bond acceptors (Lipinski definition) is 3. The van der Waals surface area contributed by atoms with Crippen molar-refractivity contribution in [1.82, 2.24) is 4.90 Å². The van der Waals surface area contributed by atoms with Gasteiger partial charge in [0.05, 0.1) is 5.56 Å². The fraction of sp³-hybridized carbons (Fsp3) is 0.529. The molecule has 1 amide bonds. The smallest absolute Gasteiger partial charge is 0.316 e. The van der Waals surface area contributed by atoms with E-state index in [0.717, 1.165) is 24.4 Å². The van der Waals surface area contributed by atoms with Crippen LogP contribution in [0, 0.1) is 11.8 Å². The minimum absolute atomic E-state index is 0.0130. The Labute approximate surface area is 135 Å². The lowest BCUT2D eigenvalue weighted by molar-refractivity contribution is -0.136. The molecule has 0 aliphatic carbocycles. The van der Waals surface area contributed by atoms with Crippen molar-refractivity contribution in [1.29, 1.82) is 0 Å². The number of nitrogens with zero attached hydrogens (tertiary/aromatic N) is 1. The second-order valence-corrected chi connectivity index (χ2v) is 7.63. The quantitative estimate of drug-likeness (QED) is 0.864. The Hall–Kier alpha value is -1.49. The molecule has 0 radical (unpaired) electrons. The molecule has 0 spiro atoms. The van der Waals surface area contributed by atoms with Gasteiger partial charge in [-0.05, 0) is 37.3 Å². The Balaban J connectivity index is 2.20. The molecule has 1 aromatic rings. The first-order valence-electron chi connectivity index (χ1n) is 7.66. The SMILES string of the molecule is CC1CC(C)CN(C(=O)c2ccccc2SC(C)C(=O)O)C1. The number of aliphatic carboxylic acids is 1. The van der Waals surface area contributed by atoms with Crippen LogP contribution in [0.2, 0.25) is 0 Å². The first-order chi connectivity index (χ1) is 10.4. The van der Waals surface area contributed by atoms with E-state index >= 15 is 0 Å². The van der Waals surface area contributed by atoms with Crippen LogP contribution in [0.15, 0.2) is 29.2 Å². The molecule has 1 N–H and O–H groups in total. The van der Waals surface area contributed by atoms with Crippen LogP contribution in [0.3, 0.4) is 0 Å². The standard InChI is InChI=1S/C17H23NO3S/c1-11-8-12(2)10-18(9-11)16(19)14-6-4-5-7-15(14)22-13(3)17(20)21/h4-7,11-13H,8-10H2,1-3H3,(H,20,21). The number of hydrogen-bond donors (Lipinski definition) is 1. The van der Waals surface area contributed by atoms with Gasteiger partial charge in [-0.25, -0.2) is 0 Å². The first-order valence-corrected chi connectivity index (χ1v) is 8.54. The molecule has 2 rings (SSSR count). The van der Waals surface area contributed by atoms with Crippen molar-refractivity contribution in [3.05, 3.63) is 29.8 Å². The maximum Gasteiger partial charge on any atom is 0.316 e. The zero-order valence-electron chi connectivity index (χ0n) is 13.3. The molecule has 5 heteroatoms. The van der Waals surface area contributed by atoms with Crippen molar-refractivity contribution in [3.63, 3.8) is 0 Å². The highest BCUT2D eigenvalue weighted by Crippen LogP contribution is 2.29. The summed E-state index contributed by atoms with van der Waals surface area (Å²) in [5, 5.41) is 8.50. The Morgan fingerprint density at radius 1 is 1.23 bits per heavy atom. The second-order valence-electron chi connectivity index (χ2n) is 6.25. The third-order valence-corrected chi connectivity index (χ3v) is 5.09. The van der Waals surface area contributed by atoms with Crippen molar-refractivity contribution in [2.24, 2.45) is 11.8 Å². The van der Waals surface area contributed by atoms with Gasteiger partial charge in [-0.1, -0.05) is 26.0 Å². The Morgan fingerprint density at radius 2 is 1.82 bits per heavy atom. The molecule has 0 aromatic heterocycles. The van der Waals surface area contributed by atoms with Crippen LogP contribution in [-0.4, -0.2) is 40.2 Å². The van der Waals surface area contributed by atoms with Gasteiger partial charge in [-0.3, -0.25) is 9.59 Å². The summed E-state index contributed by atoms with van der Waals surface area (Å²) in [7, 11) is 0. The van der Waals surface area contributed by atoms with Crippen molar-refractivity contribution in [2.75, 3.05) is 13.1 Å². The summed E-state index contributed by atoms with van der Waals surface area (Å²) < 4.78 is 0. The van der Waals surface area contributed by atoms with E-state index in [1.165, 1.54) is 11.8 Å². The predicted molar refractivity (Wildman–Crippen MR) is 88.2 cm³/mol. The van der Waals surface area contributed by atoms with Crippen molar-refractivity contribution < 1.29 is 14.7 Å². The molecule has 4 nitrogen and oxygen atoms in total. The number of carboxylic acids is 1. The zero-order chi connectivity index (χ0) is 16.3. The van der Waals surface area contributed by atoms with Crippen LogP contribution in [0.25, 0.3) is 0 Å². The number of thioether (sulfide) groups is 1. The Kier molecular flexibility index (Phi) is 5.51. The number of piperidine rings is 1. The fourth-order valence-corrected chi connectivity index (χ4v) is 3.91. The van der Waals surface area contributed by atoms with E-state index in [0.29, 0.717) is 17.4 Å². The zero-order valence-corrected chi connectivity index (χ0v) is 14.1. The van der Waals surface area contributed by atoms with E-state index in [1.54, 1.807) is 13.0 Å². The first kappa shape index (κ1) is 16.9. The molecule has 120 valence electrons. The third-order valence-electron chi connectivity index (χ3n) is 3.93. The van der Waals surface area contributed by atoms with E-state index in [-0.39, 0.29) is 5.91 Å². The van der Waals surface area contributed by atoms with Crippen LogP contribution in [0.4, 0.5) is 0 Å². The molecule has 3 atom stereocenters. The number of carbonyl (C=O) groups excluding carboxylic acids is 1. The molecule has 0 saturated carbocycles. The number of carboxylic acid groups (broad SMARTS) is 1. The highest BCUT2D eigenvalue weighted by molar-refractivity contribution is 8.00. The van der Waals surface area contributed by atoms with E-state index in [1.807, 2.05) is 23.1 Å². The van der Waals surface area contributed by atoms with Gasteiger partial charge in [0, 0.05) is 18.0 Å². The van der Waals surface area contributed by atoms with Crippen molar-refractivity contribution in [2.45, 2.75) is 37.3 Å². The summed E-state index contributed by atoms with van der Waals surface area (Å²) in [6, 6.07) is 7.30. The summed E-state index contributed by atoms with van der Waals surface area (Å²) in [4.78, 5) is 26.5. The summed E-state index contributed by atoms with van der Waals surface area (Å²) in [6.45, 7) is 7.53. The predicted octanol–water partition coefficient (Wildman–Crippen LogP) is 3.37. The molecular formula is C17H23NO3S. The number of likely N-dealkylation sites (tertiary alicyclic amines) is 1. The molecule has 0 bridgehead atoms. The van der Waals surface area contributed by atoms with Crippen LogP contribution in [0.1, 0.15) is 37.6 Å². The molecule has 1 fully saturated rings. The van der Waals surface area contributed by atoms with Crippen molar-refractivity contribution >= 4 is 23.6 Å². The molecule has 1 aliphatic rings. The van der Waals surface area contributed by atoms with Crippen LogP contribution < -0.4 is 0 Å². The fourth-order valence-electron chi connectivity index (χ4n) is 2.99. The highest BCUT2D eigenvalue weighted by Gasteiger charge is 2.27. The maximum absolute atomic E-state index is 12.8. The molecule has 1 aromatic carbocycles. The summed E-state index contributed by atoms with van der Waals surface area (Å²) in [5.41, 5.74) is 0.613. The highest BCUT2D eigenvalue weighted by atomic mass is 32.2. The van der Waals surface area contributed by atoms with Gasteiger partial charge in [0.15, 0.2) is 0 Å². The van der Waals surface area contributed by atoms with Gasteiger partial charge in [-0.2, -0.15) is 0 Å². The van der Waals surface area contributed by atoms with E-state index in [9.17, 15) is 9.59 Å². The minimum Gasteiger partial charge on any atom is -0.480 e. The molecule has 1 heterocycles. The van der Waals surface area contributed by atoms with Gasteiger partial charge in [0.1, 0.15) is 5.25 Å². The van der Waals surface area contributed by atoms with Crippen LogP contribution in [0.5, 0.6) is 0 Å². The monoisotopic (exact) mass is 321 g/mol. The molecule has 3 unspecified atom stereocenters. The normalized spacial score (nSPS) is 23.1. The molecule has 22 heavy (non-hydrogen) atoms. The number of amides is 1. The summed E-state index contributed by atoms with van der Waals surface area (Å²) in [6.07, 6.45) is 1.15. The van der Waals surface area contributed by atoms with Gasteiger partial charge < -0.3 is 10.0 Å². The number of benzene rings is 1. The van der Waals surface area contributed by atoms with E-state index in [2.05, 4.69) is 13.8 Å². The van der Waals surface area contributed by atoms with Gasteiger partial charge in [-0.15, -0.1) is 11.8 Å². The molecular weight excluding hydrogens is 298 g/mol. The van der Waals surface area contributed by atoms with E-state index < -0.39 is 11.2 Å². The Bertz CT molecular complexity index is 551. The number of carbonyl (C=O) groups is 2. The van der Waals surface area contributed by atoms with E-state index in [4.69, 9.17) is 5.11 Å². The largest absolute Gasteiger partial charge is 0.480 e. The lowest BCUT2D eigenvalue weighted by Crippen LogP contribution is -2.42. The summed E-state index contributed by atoms with van der Waals surface area (Å²) >= 11 is 1.23. The minimum atomic E-state index is -0.868. The summed E-state index contributed by atoms with van der Waals surface area (Å²) in [5.74, 6) is 0.155. The van der Waals surface area contributed by atoms with Crippen LogP contribution in [-0.2, 0) is 4.79 Å². The lowest BCUT2D eigenvalue weighted by Gasteiger charge is -2.35. The van der Waals surface area contributed by atoms with Gasteiger partial charge in [0.2, 0.25) is 0 Å². The molecule has 1 aliphatic heterocycles. The topological polar surface area (TPSA) is 57.6 Å². The third kappa shape index (κ3) is 4.03. The maximum atomic E-state index is 12.8. The van der Waals surface area contributed by atoms with Crippen molar-refractivity contribution in [3.8, 4) is 0 Å². The Morgan fingerprint density at radius 3 is 2.41 bits per heavy atom. The van der Waals surface area contributed by atoms with Gasteiger partial charge in [0.25, 0.3) is 5.91 Å². The van der Waals surface area contributed by atoms with Crippen LogP contribution >= 0.6 is 11.8 Å². The lowest BCUT2D eigenvalue weighted by atomic mass is 9.91. The average molecular weight is 321 g/mol. The average Bonchev–Trinajstić information content (AvgIpc) is 2.46.